The normalized spacial score (nSPS) is 25.5. The number of carboxylic acids is 1. The molecule has 0 aliphatic carbocycles. The van der Waals surface area contributed by atoms with Crippen LogP contribution in [0, 0.1) is 5.41 Å². The summed E-state index contributed by atoms with van der Waals surface area (Å²) in [7, 11) is 0. The smallest absolute Gasteiger partial charge is 0.317 e. The van der Waals surface area contributed by atoms with E-state index in [-0.39, 0.29) is 6.54 Å². The van der Waals surface area contributed by atoms with Crippen LogP contribution in [0.5, 0.6) is 0 Å². The van der Waals surface area contributed by atoms with E-state index in [0.717, 1.165) is 39.0 Å². The lowest BCUT2D eigenvalue weighted by molar-refractivity contribution is -0.139. The second-order valence-corrected chi connectivity index (χ2v) is 7.31. The standard InChI is InChI=1S/C19H28N2O2/c1-2-20-13-17(16-6-4-3-5-7-16)12-19(15-20)8-10-21(11-9-19)14-18(22)23/h3-7,17H,2,8-15H2,1H3,(H,22,23)/t17-/m0/s1. The number of benzene rings is 1. The van der Waals surface area contributed by atoms with Gasteiger partial charge in [0.15, 0.2) is 0 Å². The Kier molecular flexibility index (Phi) is 5.02. The molecule has 1 aromatic carbocycles. The van der Waals surface area contributed by atoms with Gasteiger partial charge in [0.2, 0.25) is 0 Å². The minimum Gasteiger partial charge on any atom is -0.480 e. The van der Waals surface area contributed by atoms with E-state index in [2.05, 4.69) is 47.1 Å². The Morgan fingerprint density at radius 3 is 2.52 bits per heavy atom. The van der Waals surface area contributed by atoms with Crippen LogP contribution in [-0.4, -0.2) is 60.1 Å². The molecule has 2 aliphatic rings. The number of piperidine rings is 2. The molecule has 0 unspecified atom stereocenters. The van der Waals surface area contributed by atoms with E-state index < -0.39 is 5.97 Å². The molecule has 0 bridgehead atoms. The average molecular weight is 316 g/mol. The van der Waals surface area contributed by atoms with Crippen molar-refractivity contribution in [1.29, 1.82) is 0 Å². The van der Waals surface area contributed by atoms with Crippen LogP contribution in [0.3, 0.4) is 0 Å². The fourth-order valence-electron chi connectivity index (χ4n) is 4.43. The predicted octanol–water partition coefficient (Wildman–Crippen LogP) is 2.66. The molecule has 2 aliphatic heterocycles. The van der Waals surface area contributed by atoms with Gasteiger partial charge in [0, 0.05) is 13.1 Å². The molecule has 3 rings (SSSR count). The van der Waals surface area contributed by atoms with Gasteiger partial charge in [-0.2, -0.15) is 0 Å². The molecular formula is C19H28N2O2. The third-order valence-electron chi connectivity index (χ3n) is 5.71. The molecule has 1 atom stereocenters. The van der Waals surface area contributed by atoms with Gasteiger partial charge in [0.05, 0.1) is 6.54 Å². The van der Waals surface area contributed by atoms with Gasteiger partial charge in [-0.3, -0.25) is 9.69 Å². The average Bonchev–Trinajstić information content (AvgIpc) is 2.57. The number of aliphatic carboxylic acids is 1. The first-order valence-electron chi connectivity index (χ1n) is 8.82. The van der Waals surface area contributed by atoms with Crippen LogP contribution < -0.4 is 0 Å². The molecule has 2 fully saturated rings. The Morgan fingerprint density at radius 2 is 1.91 bits per heavy atom. The van der Waals surface area contributed by atoms with Gasteiger partial charge in [-0.25, -0.2) is 0 Å². The predicted molar refractivity (Wildman–Crippen MR) is 91.7 cm³/mol. The maximum Gasteiger partial charge on any atom is 0.317 e. The summed E-state index contributed by atoms with van der Waals surface area (Å²) >= 11 is 0. The van der Waals surface area contributed by atoms with Crippen LogP contribution in [0.4, 0.5) is 0 Å². The fourth-order valence-corrected chi connectivity index (χ4v) is 4.43. The van der Waals surface area contributed by atoms with Crippen LogP contribution in [-0.2, 0) is 4.79 Å². The lowest BCUT2D eigenvalue weighted by Gasteiger charge is -2.50. The number of rotatable bonds is 4. The van der Waals surface area contributed by atoms with Crippen LogP contribution >= 0.6 is 0 Å². The number of likely N-dealkylation sites (N-methyl/N-ethyl adjacent to an activating group) is 1. The SMILES string of the molecule is CCN1C[C@@H](c2ccccc2)CC2(CCN(CC(=O)O)CC2)C1. The molecule has 0 aromatic heterocycles. The quantitative estimate of drug-likeness (QED) is 0.927. The summed E-state index contributed by atoms with van der Waals surface area (Å²) in [5.41, 5.74) is 1.82. The van der Waals surface area contributed by atoms with Crippen LogP contribution in [0.1, 0.15) is 37.7 Å². The summed E-state index contributed by atoms with van der Waals surface area (Å²) < 4.78 is 0. The Bertz CT molecular complexity index is 523. The van der Waals surface area contributed by atoms with Crippen molar-refractivity contribution in [2.45, 2.75) is 32.1 Å². The van der Waals surface area contributed by atoms with Crippen molar-refractivity contribution in [3.05, 3.63) is 35.9 Å². The third-order valence-corrected chi connectivity index (χ3v) is 5.71. The molecule has 2 saturated heterocycles. The highest BCUT2D eigenvalue weighted by atomic mass is 16.4. The Morgan fingerprint density at radius 1 is 1.22 bits per heavy atom. The van der Waals surface area contributed by atoms with E-state index in [1.807, 2.05) is 0 Å². The molecule has 0 radical (unpaired) electrons. The summed E-state index contributed by atoms with van der Waals surface area (Å²) in [6, 6.07) is 10.9. The van der Waals surface area contributed by atoms with E-state index in [4.69, 9.17) is 5.11 Å². The lowest BCUT2D eigenvalue weighted by Crippen LogP contribution is -2.52. The lowest BCUT2D eigenvalue weighted by atomic mass is 9.68. The van der Waals surface area contributed by atoms with Crippen molar-refractivity contribution in [2.75, 3.05) is 39.3 Å². The largest absolute Gasteiger partial charge is 0.480 e. The van der Waals surface area contributed by atoms with Crippen molar-refractivity contribution in [1.82, 2.24) is 9.80 Å². The monoisotopic (exact) mass is 316 g/mol. The topological polar surface area (TPSA) is 43.8 Å². The molecule has 2 heterocycles. The van der Waals surface area contributed by atoms with E-state index >= 15 is 0 Å². The molecule has 0 saturated carbocycles. The maximum absolute atomic E-state index is 10.9. The molecule has 1 N–H and O–H groups in total. The van der Waals surface area contributed by atoms with Crippen molar-refractivity contribution in [3.63, 3.8) is 0 Å². The second-order valence-electron chi connectivity index (χ2n) is 7.31. The number of hydrogen-bond donors (Lipinski definition) is 1. The zero-order valence-corrected chi connectivity index (χ0v) is 14.1. The Labute approximate surface area is 139 Å². The van der Waals surface area contributed by atoms with Crippen LogP contribution in [0.2, 0.25) is 0 Å². The van der Waals surface area contributed by atoms with E-state index in [0.29, 0.717) is 11.3 Å². The van der Waals surface area contributed by atoms with E-state index in [1.54, 1.807) is 0 Å². The van der Waals surface area contributed by atoms with Gasteiger partial charge in [0.25, 0.3) is 0 Å². The molecular weight excluding hydrogens is 288 g/mol. The number of carbonyl (C=O) groups is 1. The summed E-state index contributed by atoms with van der Waals surface area (Å²) in [6.07, 6.45) is 3.49. The van der Waals surface area contributed by atoms with E-state index in [1.165, 1.54) is 18.5 Å². The zero-order valence-electron chi connectivity index (χ0n) is 14.1. The first-order chi connectivity index (χ1) is 11.1. The second kappa shape index (κ2) is 7.02. The van der Waals surface area contributed by atoms with Gasteiger partial charge in [-0.15, -0.1) is 0 Å². The molecule has 4 nitrogen and oxygen atoms in total. The van der Waals surface area contributed by atoms with Gasteiger partial charge >= 0.3 is 5.97 Å². The minimum absolute atomic E-state index is 0.190. The van der Waals surface area contributed by atoms with Gasteiger partial charge in [-0.05, 0) is 55.8 Å². The summed E-state index contributed by atoms with van der Waals surface area (Å²) in [5, 5.41) is 8.99. The summed E-state index contributed by atoms with van der Waals surface area (Å²) in [6.45, 7) is 7.71. The Hall–Kier alpha value is -1.39. The Balaban J connectivity index is 1.70. The van der Waals surface area contributed by atoms with Crippen molar-refractivity contribution in [2.24, 2.45) is 5.41 Å². The first-order valence-corrected chi connectivity index (χ1v) is 8.82. The molecule has 4 heteroatoms. The molecule has 1 spiro atoms. The van der Waals surface area contributed by atoms with Crippen molar-refractivity contribution >= 4 is 5.97 Å². The minimum atomic E-state index is -0.707. The highest BCUT2D eigenvalue weighted by molar-refractivity contribution is 5.69. The molecule has 23 heavy (non-hydrogen) atoms. The van der Waals surface area contributed by atoms with Crippen molar-refractivity contribution < 1.29 is 9.90 Å². The van der Waals surface area contributed by atoms with Gasteiger partial charge in [0.1, 0.15) is 0 Å². The number of likely N-dealkylation sites (tertiary alicyclic amines) is 2. The highest BCUT2D eigenvalue weighted by Crippen LogP contribution is 2.44. The van der Waals surface area contributed by atoms with Gasteiger partial charge < -0.3 is 10.0 Å². The summed E-state index contributed by atoms with van der Waals surface area (Å²) in [4.78, 5) is 15.6. The van der Waals surface area contributed by atoms with Crippen LogP contribution in [0.25, 0.3) is 0 Å². The molecule has 126 valence electrons. The zero-order chi connectivity index (χ0) is 16.3. The van der Waals surface area contributed by atoms with Crippen LogP contribution in [0.15, 0.2) is 30.3 Å². The number of hydrogen-bond acceptors (Lipinski definition) is 3. The van der Waals surface area contributed by atoms with E-state index in [9.17, 15) is 4.79 Å². The number of nitrogens with zero attached hydrogens (tertiary/aromatic N) is 2. The third kappa shape index (κ3) is 3.93. The summed E-state index contributed by atoms with van der Waals surface area (Å²) in [5.74, 6) is -0.0992. The highest BCUT2D eigenvalue weighted by Gasteiger charge is 2.41. The fraction of sp³-hybridized carbons (Fsp3) is 0.632. The molecule has 1 aromatic rings. The maximum atomic E-state index is 10.9. The first kappa shape index (κ1) is 16.5. The number of carboxylic acid groups (broad SMARTS) is 1. The molecule has 0 amide bonds. The van der Waals surface area contributed by atoms with Crippen molar-refractivity contribution in [3.8, 4) is 0 Å². The van der Waals surface area contributed by atoms with Gasteiger partial charge in [-0.1, -0.05) is 37.3 Å².